The smallest absolute Gasteiger partial charge is 0.269 e. The maximum atomic E-state index is 13.9. The molecular weight excluding hydrogens is 534 g/mol. The quantitative estimate of drug-likeness (QED) is 0.418. The molecule has 0 saturated carbocycles. The predicted octanol–water partition coefficient (Wildman–Crippen LogP) is 4.49. The Balaban J connectivity index is 1.76. The van der Waals surface area contributed by atoms with Crippen LogP contribution in [0.2, 0.25) is 15.1 Å². The number of amides is 2. The number of benzene rings is 2. The maximum Gasteiger partial charge on any atom is 0.269 e. The minimum absolute atomic E-state index is 0.184. The molecule has 186 valence electrons. The summed E-state index contributed by atoms with van der Waals surface area (Å²) >= 11 is 18.9. The first kappa shape index (κ1) is 25.8. The normalized spacial score (nSPS) is 15.8. The van der Waals surface area contributed by atoms with E-state index in [0.29, 0.717) is 21.8 Å². The molecule has 1 aliphatic rings. The third-order valence-corrected chi connectivity index (χ3v) is 5.80. The fraction of sp³-hybridized carbons (Fsp3) is 0.167. The van der Waals surface area contributed by atoms with E-state index < -0.39 is 29.9 Å². The van der Waals surface area contributed by atoms with Crippen LogP contribution in [-0.2, 0) is 4.79 Å². The number of hydrogen-bond acceptors (Lipinski definition) is 6. The topological polar surface area (TPSA) is 113 Å². The lowest BCUT2D eigenvalue weighted by molar-refractivity contribution is -0.117. The molecule has 0 bridgehead atoms. The molecule has 2 amide bonds. The van der Waals surface area contributed by atoms with Crippen molar-refractivity contribution in [3.8, 4) is 5.88 Å². The van der Waals surface area contributed by atoms with Crippen molar-refractivity contribution in [2.24, 2.45) is 4.99 Å². The zero-order valence-electron chi connectivity index (χ0n) is 18.6. The number of halogens is 4. The number of nitrogens with one attached hydrogen (secondary N) is 2. The molecule has 0 saturated heterocycles. The van der Waals surface area contributed by atoms with Crippen molar-refractivity contribution >= 4 is 58.0 Å². The number of nitrogens with zero attached hydrogens (tertiary/aromatic N) is 2. The number of hydrogen-bond donors (Lipinski definition) is 3. The zero-order valence-corrected chi connectivity index (χ0v) is 20.8. The highest BCUT2D eigenvalue weighted by Gasteiger charge is 2.30. The molecule has 36 heavy (non-hydrogen) atoms. The number of pyridine rings is 1. The number of anilines is 1. The van der Waals surface area contributed by atoms with Gasteiger partial charge in [0.25, 0.3) is 11.8 Å². The van der Waals surface area contributed by atoms with Crippen LogP contribution in [0.5, 0.6) is 5.88 Å². The summed E-state index contributed by atoms with van der Waals surface area (Å²) in [6.45, 7) is 1.29. The molecule has 4 rings (SSSR count). The highest BCUT2D eigenvalue weighted by atomic mass is 35.5. The van der Waals surface area contributed by atoms with E-state index in [2.05, 4.69) is 20.6 Å². The first-order valence-corrected chi connectivity index (χ1v) is 11.7. The first-order chi connectivity index (χ1) is 17.1. The number of fused-ring (bicyclic) bond motifs is 1. The molecule has 1 unspecified atom stereocenters. The van der Waals surface area contributed by atoms with Gasteiger partial charge in [0.1, 0.15) is 18.0 Å². The fourth-order valence-corrected chi connectivity index (χ4v) is 4.42. The Morgan fingerprint density at radius 3 is 2.61 bits per heavy atom. The molecule has 1 aromatic heterocycles. The number of rotatable bonds is 6. The summed E-state index contributed by atoms with van der Waals surface area (Å²) in [6.07, 6.45) is -1.46. The van der Waals surface area contributed by atoms with Crippen molar-refractivity contribution in [3.05, 3.63) is 86.2 Å². The van der Waals surface area contributed by atoms with E-state index in [1.54, 1.807) is 24.3 Å². The monoisotopic (exact) mass is 550 g/mol. The Bertz CT molecular complexity index is 1360. The van der Waals surface area contributed by atoms with Gasteiger partial charge < -0.3 is 20.5 Å². The van der Waals surface area contributed by atoms with Gasteiger partial charge in [-0.25, -0.2) is 14.4 Å². The summed E-state index contributed by atoms with van der Waals surface area (Å²) in [5.74, 6) is -2.57. The molecule has 0 radical (unpaired) electrons. The average Bonchev–Trinajstić information content (AvgIpc) is 2.94. The summed E-state index contributed by atoms with van der Waals surface area (Å²) in [7, 11) is 0. The molecule has 0 aliphatic carbocycles. The van der Waals surface area contributed by atoms with Gasteiger partial charge >= 0.3 is 0 Å². The van der Waals surface area contributed by atoms with Crippen LogP contribution in [0.15, 0.2) is 53.7 Å². The van der Waals surface area contributed by atoms with Crippen LogP contribution < -0.4 is 15.4 Å². The van der Waals surface area contributed by atoms with Crippen LogP contribution in [-0.4, -0.2) is 46.5 Å². The number of aliphatic imine (C=N–C) groups is 1. The molecule has 2 aromatic carbocycles. The lowest BCUT2D eigenvalue weighted by Crippen LogP contribution is -2.42. The summed E-state index contributed by atoms with van der Waals surface area (Å²) < 4.78 is 19.2. The molecule has 8 nitrogen and oxygen atoms in total. The standard InChI is InChI=1S/C24H18Cl3FN4O4/c1-11(33)10-36-24-15(8-13(28)9-29-24)22(34)32-21-23(35)30-18-5-3-2-4-14(18)20(31-21)19-16(26)6-12(25)7-17(19)27/h2-9,11,21,33H,10H2,1H3,(H,30,35)(H,32,34)/t11-,21?/m0/s1. The van der Waals surface area contributed by atoms with E-state index in [4.69, 9.17) is 39.5 Å². The molecule has 3 aromatic rings. The van der Waals surface area contributed by atoms with Crippen molar-refractivity contribution in [3.63, 3.8) is 0 Å². The number of para-hydroxylation sites is 1. The van der Waals surface area contributed by atoms with E-state index in [-0.39, 0.29) is 33.8 Å². The van der Waals surface area contributed by atoms with Gasteiger partial charge in [0, 0.05) is 16.1 Å². The highest BCUT2D eigenvalue weighted by Crippen LogP contribution is 2.34. The van der Waals surface area contributed by atoms with Crippen molar-refractivity contribution < 1.29 is 23.8 Å². The van der Waals surface area contributed by atoms with Gasteiger partial charge in [-0.05, 0) is 31.2 Å². The lowest BCUT2D eigenvalue weighted by Gasteiger charge is -2.16. The van der Waals surface area contributed by atoms with Crippen LogP contribution >= 0.6 is 34.8 Å². The fourth-order valence-electron chi connectivity index (χ4n) is 3.43. The Kier molecular flexibility index (Phi) is 7.75. The summed E-state index contributed by atoms with van der Waals surface area (Å²) in [6, 6.07) is 10.7. The van der Waals surface area contributed by atoms with Crippen molar-refractivity contribution in [2.45, 2.75) is 19.2 Å². The molecule has 2 atom stereocenters. The second-order valence-corrected chi connectivity index (χ2v) is 9.05. The molecule has 3 N–H and O–H groups in total. The number of aromatic nitrogens is 1. The first-order valence-electron chi connectivity index (χ1n) is 10.5. The molecule has 2 heterocycles. The van der Waals surface area contributed by atoms with E-state index >= 15 is 0 Å². The van der Waals surface area contributed by atoms with Crippen LogP contribution in [0, 0.1) is 5.82 Å². The Morgan fingerprint density at radius 2 is 1.92 bits per heavy atom. The third-order valence-electron chi connectivity index (χ3n) is 4.98. The Labute approximate surface area is 220 Å². The molecule has 0 spiro atoms. The van der Waals surface area contributed by atoms with E-state index in [0.717, 1.165) is 12.3 Å². The van der Waals surface area contributed by atoms with Crippen molar-refractivity contribution in [1.82, 2.24) is 10.3 Å². The second-order valence-electron chi connectivity index (χ2n) is 7.80. The molecule has 0 fully saturated rings. The van der Waals surface area contributed by atoms with Gasteiger partial charge in [0.05, 0.1) is 33.7 Å². The number of aliphatic hydroxyl groups is 1. The Hall–Kier alpha value is -3.24. The van der Waals surface area contributed by atoms with Crippen molar-refractivity contribution in [2.75, 3.05) is 11.9 Å². The highest BCUT2D eigenvalue weighted by molar-refractivity contribution is 6.44. The van der Waals surface area contributed by atoms with Gasteiger partial charge in [-0.15, -0.1) is 0 Å². The van der Waals surface area contributed by atoms with Crippen LogP contribution in [0.4, 0.5) is 10.1 Å². The Morgan fingerprint density at radius 1 is 1.22 bits per heavy atom. The average molecular weight is 552 g/mol. The summed E-state index contributed by atoms with van der Waals surface area (Å²) in [5, 5.41) is 15.3. The summed E-state index contributed by atoms with van der Waals surface area (Å²) in [5.41, 5.74) is 1.16. The summed E-state index contributed by atoms with van der Waals surface area (Å²) in [4.78, 5) is 34.4. The molecule has 12 heteroatoms. The predicted molar refractivity (Wildman–Crippen MR) is 135 cm³/mol. The third kappa shape index (κ3) is 5.60. The minimum atomic E-state index is -1.46. The number of aliphatic hydroxyl groups excluding tert-OH is 1. The van der Waals surface area contributed by atoms with Crippen LogP contribution in [0.25, 0.3) is 0 Å². The van der Waals surface area contributed by atoms with E-state index in [1.165, 1.54) is 19.1 Å². The number of benzodiazepines with no additional fused rings is 1. The lowest BCUT2D eigenvalue weighted by atomic mass is 10.0. The van der Waals surface area contributed by atoms with Gasteiger partial charge in [-0.1, -0.05) is 53.0 Å². The van der Waals surface area contributed by atoms with Gasteiger partial charge in [0.15, 0.2) is 0 Å². The minimum Gasteiger partial charge on any atom is -0.474 e. The maximum absolute atomic E-state index is 13.9. The van der Waals surface area contributed by atoms with Crippen LogP contribution in [0.3, 0.4) is 0 Å². The van der Waals surface area contributed by atoms with Gasteiger partial charge in [-0.2, -0.15) is 0 Å². The SMILES string of the molecule is C[C@H](O)COc1ncc(F)cc1C(=O)NC1N=C(c2c(Cl)cc(Cl)cc2Cl)c2ccccc2NC1=O. The largest absolute Gasteiger partial charge is 0.474 e. The van der Waals surface area contributed by atoms with E-state index in [9.17, 15) is 19.1 Å². The number of carbonyl (C=O) groups is 2. The van der Waals surface area contributed by atoms with Crippen molar-refractivity contribution in [1.29, 1.82) is 0 Å². The molecule has 1 aliphatic heterocycles. The van der Waals surface area contributed by atoms with Gasteiger partial charge in [-0.3, -0.25) is 9.59 Å². The van der Waals surface area contributed by atoms with E-state index in [1.807, 2.05) is 0 Å². The second kappa shape index (κ2) is 10.8. The molecular formula is C24H18Cl3FN4O4. The number of ether oxygens (including phenoxy) is 1. The van der Waals surface area contributed by atoms with Crippen LogP contribution in [0.1, 0.15) is 28.4 Å². The van der Waals surface area contributed by atoms with Gasteiger partial charge in [0.2, 0.25) is 12.0 Å². The number of carbonyl (C=O) groups excluding carboxylic acids is 2. The zero-order chi connectivity index (χ0) is 26.0.